The number of Topliss-reactive ketones (excluding diaryl/α,β-unsaturated/α-hetero) is 1. The van der Waals surface area contributed by atoms with E-state index in [1.807, 2.05) is 24.3 Å². The number of rotatable bonds is 13. The van der Waals surface area contributed by atoms with Gasteiger partial charge in [-0.1, -0.05) is 45.2 Å². The number of amides is 1. The van der Waals surface area contributed by atoms with E-state index in [4.69, 9.17) is 9.47 Å². The first-order chi connectivity index (χ1) is 19.0. The highest BCUT2D eigenvalue weighted by Gasteiger charge is 2.46. The number of carbonyl (C=O) groups excluding carboxylic acids is 2. The Kier molecular flexibility index (Phi) is 9.73. The van der Waals surface area contributed by atoms with Gasteiger partial charge in [0.15, 0.2) is 0 Å². The van der Waals surface area contributed by atoms with Gasteiger partial charge in [-0.15, -0.1) is 0 Å². The average molecular weight is 529 g/mol. The number of hydrogen-bond acceptors (Lipinski definition) is 6. The van der Waals surface area contributed by atoms with Crippen LogP contribution in [0.2, 0.25) is 0 Å². The van der Waals surface area contributed by atoms with Crippen LogP contribution in [0.4, 0.5) is 0 Å². The molecule has 1 aliphatic heterocycles. The third-order valence-corrected chi connectivity index (χ3v) is 6.75. The van der Waals surface area contributed by atoms with Crippen molar-refractivity contribution < 1.29 is 24.2 Å². The number of aromatic nitrogens is 1. The summed E-state index contributed by atoms with van der Waals surface area (Å²) in [6.07, 6.45) is 8.48. The van der Waals surface area contributed by atoms with Gasteiger partial charge in [-0.3, -0.25) is 14.6 Å². The number of nitrogens with zero attached hydrogens (tertiary/aromatic N) is 2. The highest BCUT2D eigenvalue weighted by molar-refractivity contribution is 6.46. The second-order valence-corrected chi connectivity index (χ2v) is 9.63. The number of ether oxygens (including phenoxy) is 2. The number of aliphatic hydroxyl groups excluding tert-OH is 1. The summed E-state index contributed by atoms with van der Waals surface area (Å²) >= 11 is 0. The molecule has 1 N–H and O–H groups in total. The van der Waals surface area contributed by atoms with E-state index in [2.05, 4.69) is 18.8 Å². The van der Waals surface area contributed by atoms with Crippen molar-refractivity contribution in [1.29, 1.82) is 0 Å². The van der Waals surface area contributed by atoms with E-state index in [1.165, 1.54) is 4.90 Å². The smallest absolute Gasteiger partial charge is 0.295 e. The molecule has 0 aliphatic carbocycles. The molecule has 1 saturated heterocycles. The van der Waals surface area contributed by atoms with E-state index < -0.39 is 17.7 Å². The van der Waals surface area contributed by atoms with Crippen molar-refractivity contribution in [3.05, 3.63) is 95.3 Å². The molecule has 4 rings (SSSR count). The highest BCUT2D eigenvalue weighted by Crippen LogP contribution is 2.40. The molecule has 0 spiro atoms. The van der Waals surface area contributed by atoms with Crippen LogP contribution in [-0.4, -0.2) is 39.9 Å². The molecule has 7 nitrogen and oxygen atoms in total. The first-order valence-electron chi connectivity index (χ1n) is 13.7. The quantitative estimate of drug-likeness (QED) is 0.119. The zero-order valence-electron chi connectivity index (χ0n) is 22.6. The summed E-state index contributed by atoms with van der Waals surface area (Å²) in [5.41, 5.74) is 2.05. The van der Waals surface area contributed by atoms with Gasteiger partial charge in [0, 0.05) is 24.5 Å². The summed E-state index contributed by atoms with van der Waals surface area (Å²) in [6.45, 7) is 5.69. The summed E-state index contributed by atoms with van der Waals surface area (Å²) in [5.74, 6) is -0.174. The molecule has 1 aromatic heterocycles. The predicted molar refractivity (Wildman–Crippen MR) is 150 cm³/mol. The molecule has 1 aliphatic rings. The number of carbonyl (C=O) groups is 2. The lowest BCUT2D eigenvalue weighted by Crippen LogP contribution is -2.29. The summed E-state index contributed by atoms with van der Waals surface area (Å²) in [6, 6.07) is 17.2. The Morgan fingerprint density at radius 3 is 2.03 bits per heavy atom. The molecular weight excluding hydrogens is 492 g/mol. The van der Waals surface area contributed by atoms with E-state index in [9.17, 15) is 14.7 Å². The van der Waals surface area contributed by atoms with Gasteiger partial charge in [-0.25, -0.2) is 0 Å². The zero-order valence-corrected chi connectivity index (χ0v) is 22.6. The van der Waals surface area contributed by atoms with E-state index in [0.717, 1.165) is 43.4 Å². The average Bonchev–Trinajstić information content (AvgIpc) is 3.21. The van der Waals surface area contributed by atoms with Crippen LogP contribution in [0.25, 0.3) is 5.76 Å². The summed E-state index contributed by atoms with van der Waals surface area (Å²) in [4.78, 5) is 32.2. The maximum atomic E-state index is 13.3. The van der Waals surface area contributed by atoms with Crippen LogP contribution in [0.15, 0.2) is 78.6 Å². The number of likely N-dealkylation sites (tertiary alicyclic amines) is 1. The van der Waals surface area contributed by atoms with Crippen molar-refractivity contribution >= 4 is 17.4 Å². The predicted octanol–water partition coefficient (Wildman–Crippen LogP) is 6.45. The Bertz CT molecular complexity index is 1270. The topological polar surface area (TPSA) is 89.0 Å². The molecular formula is C32H36N2O5. The van der Waals surface area contributed by atoms with E-state index in [0.29, 0.717) is 30.1 Å². The Morgan fingerprint density at radius 1 is 0.821 bits per heavy atom. The van der Waals surface area contributed by atoms with Crippen LogP contribution < -0.4 is 9.47 Å². The molecule has 2 heterocycles. The van der Waals surface area contributed by atoms with Gasteiger partial charge in [0.05, 0.1) is 24.8 Å². The van der Waals surface area contributed by atoms with Crippen LogP contribution in [0.5, 0.6) is 11.5 Å². The Balaban J connectivity index is 1.67. The second kappa shape index (κ2) is 13.6. The lowest BCUT2D eigenvalue weighted by atomic mass is 9.95. The van der Waals surface area contributed by atoms with E-state index >= 15 is 0 Å². The lowest BCUT2D eigenvalue weighted by molar-refractivity contribution is -0.140. The first kappa shape index (κ1) is 27.9. The maximum absolute atomic E-state index is 13.3. The normalized spacial score (nSPS) is 16.5. The van der Waals surface area contributed by atoms with Gasteiger partial charge >= 0.3 is 0 Å². The van der Waals surface area contributed by atoms with Gasteiger partial charge in [0.1, 0.15) is 17.3 Å². The van der Waals surface area contributed by atoms with Crippen molar-refractivity contribution in [1.82, 2.24) is 9.88 Å². The molecule has 1 amide bonds. The van der Waals surface area contributed by atoms with Crippen molar-refractivity contribution in [2.75, 3.05) is 13.2 Å². The minimum Gasteiger partial charge on any atom is -0.507 e. The van der Waals surface area contributed by atoms with Crippen LogP contribution >= 0.6 is 0 Å². The molecule has 2 aromatic carbocycles. The third kappa shape index (κ3) is 6.85. The van der Waals surface area contributed by atoms with E-state index in [1.54, 1.807) is 48.8 Å². The Morgan fingerprint density at radius 2 is 1.41 bits per heavy atom. The molecule has 1 atom stereocenters. The Labute approximate surface area is 230 Å². The van der Waals surface area contributed by atoms with Gasteiger partial charge < -0.3 is 19.5 Å². The fourth-order valence-corrected chi connectivity index (χ4v) is 4.56. The van der Waals surface area contributed by atoms with Gasteiger partial charge in [-0.2, -0.15) is 0 Å². The lowest BCUT2D eigenvalue weighted by Gasteiger charge is -2.25. The molecule has 1 fully saturated rings. The van der Waals surface area contributed by atoms with Crippen LogP contribution in [0.1, 0.15) is 68.7 Å². The fourth-order valence-electron chi connectivity index (χ4n) is 4.56. The van der Waals surface area contributed by atoms with Gasteiger partial charge in [0.25, 0.3) is 11.7 Å². The van der Waals surface area contributed by atoms with Gasteiger partial charge in [-0.05, 0) is 72.5 Å². The standard InChI is InChI=1S/C32H36N2O5/c1-3-5-7-21-39-26-12-8-24(9-13-26)29-28(30(35)25-10-14-27(15-11-25)38-20-6-4-2)31(36)32(37)34(29)22-23-16-18-33-19-17-23/h8-19,29,35H,3-7,20-22H2,1-2H3/t29-/m1/s1. The minimum absolute atomic E-state index is 0.0605. The van der Waals surface area contributed by atoms with Crippen molar-refractivity contribution in [2.45, 2.75) is 58.5 Å². The molecule has 204 valence electrons. The number of hydrogen-bond donors (Lipinski definition) is 1. The molecule has 0 radical (unpaired) electrons. The van der Waals surface area contributed by atoms with E-state index in [-0.39, 0.29) is 17.9 Å². The monoisotopic (exact) mass is 528 g/mol. The molecule has 0 unspecified atom stereocenters. The minimum atomic E-state index is -0.757. The number of ketones is 1. The zero-order chi connectivity index (χ0) is 27.6. The summed E-state index contributed by atoms with van der Waals surface area (Å²) in [7, 11) is 0. The van der Waals surface area contributed by atoms with Crippen molar-refractivity contribution in [2.24, 2.45) is 0 Å². The van der Waals surface area contributed by atoms with Crippen molar-refractivity contribution in [3.8, 4) is 11.5 Å². The van der Waals surface area contributed by atoms with Crippen LogP contribution in [0, 0.1) is 0 Å². The molecule has 7 heteroatoms. The van der Waals surface area contributed by atoms with Crippen LogP contribution in [0.3, 0.4) is 0 Å². The third-order valence-electron chi connectivity index (χ3n) is 6.75. The second-order valence-electron chi connectivity index (χ2n) is 9.63. The molecule has 0 bridgehead atoms. The van der Waals surface area contributed by atoms with Gasteiger partial charge in [0.2, 0.25) is 0 Å². The summed E-state index contributed by atoms with van der Waals surface area (Å²) < 4.78 is 11.6. The van der Waals surface area contributed by atoms with Crippen molar-refractivity contribution in [3.63, 3.8) is 0 Å². The maximum Gasteiger partial charge on any atom is 0.295 e. The summed E-state index contributed by atoms with van der Waals surface area (Å²) in [5, 5.41) is 11.4. The largest absolute Gasteiger partial charge is 0.507 e. The number of benzene rings is 2. The number of unbranched alkanes of at least 4 members (excludes halogenated alkanes) is 3. The SMILES string of the molecule is CCCCCOc1ccc([C@@H]2C(=C(O)c3ccc(OCCCC)cc3)C(=O)C(=O)N2Cc2ccncc2)cc1. The first-order valence-corrected chi connectivity index (χ1v) is 13.7. The fraction of sp³-hybridized carbons (Fsp3) is 0.344. The number of pyridine rings is 1. The Hall–Kier alpha value is -4.13. The molecule has 3 aromatic rings. The highest BCUT2D eigenvalue weighted by atomic mass is 16.5. The number of aliphatic hydroxyl groups is 1. The molecule has 0 saturated carbocycles. The molecule has 39 heavy (non-hydrogen) atoms. The van der Waals surface area contributed by atoms with Crippen LogP contribution in [-0.2, 0) is 16.1 Å².